The summed E-state index contributed by atoms with van der Waals surface area (Å²) in [6.45, 7) is 3.13. The quantitative estimate of drug-likeness (QED) is 0.743. The van der Waals surface area contributed by atoms with Gasteiger partial charge in [-0.25, -0.2) is 4.79 Å². The fourth-order valence-electron chi connectivity index (χ4n) is 2.04. The van der Waals surface area contributed by atoms with Crippen molar-refractivity contribution in [1.82, 2.24) is 25.3 Å². The maximum atomic E-state index is 11.9. The van der Waals surface area contributed by atoms with Gasteiger partial charge in [-0.2, -0.15) is 5.10 Å². The molecule has 0 aromatic carbocycles. The zero-order valence-electron chi connectivity index (χ0n) is 13.6. The third-order valence-electron chi connectivity index (χ3n) is 3.32. The monoisotopic (exact) mass is 297 g/mol. The van der Waals surface area contributed by atoms with Crippen LogP contribution >= 0.6 is 0 Å². The number of methoxy groups -OCH3 is 1. The molecule has 1 heterocycles. The SMILES string of the molecule is COCCC(C)NC(=O)NCC(c1cnn(C)c1)N(C)C. The van der Waals surface area contributed by atoms with Crippen molar-refractivity contribution in [3.63, 3.8) is 0 Å². The Balaban J connectivity index is 2.45. The molecule has 0 spiro atoms. The highest BCUT2D eigenvalue weighted by atomic mass is 16.5. The topological polar surface area (TPSA) is 71.4 Å². The number of hydrogen-bond acceptors (Lipinski definition) is 4. The second-order valence-corrected chi connectivity index (χ2v) is 5.46. The average molecular weight is 297 g/mol. The van der Waals surface area contributed by atoms with Crippen LogP contribution in [0, 0.1) is 0 Å². The van der Waals surface area contributed by atoms with E-state index in [0.717, 1.165) is 12.0 Å². The van der Waals surface area contributed by atoms with Gasteiger partial charge in [-0.15, -0.1) is 0 Å². The summed E-state index contributed by atoms with van der Waals surface area (Å²) in [5, 5.41) is 9.98. The Kier molecular flexibility index (Phi) is 7.18. The lowest BCUT2D eigenvalue weighted by Gasteiger charge is -2.24. The number of aromatic nitrogens is 2. The molecule has 2 N–H and O–H groups in total. The minimum atomic E-state index is -0.158. The molecule has 7 heteroatoms. The molecule has 0 aliphatic carbocycles. The first-order valence-electron chi connectivity index (χ1n) is 7.12. The fourth-order valence-corrected chi connectivity index (χ4v) is 2.04. The molecule has 1 aromatic heterocycles. The van der Waals surface area contributed by atoms with Gasteiger partial charge in [0.1, 0.15) is 0 Å². The van der Waals surface area contributed by atoms with E-state index in [9.17, 15) is 4.79 Å². The van der Waals surface area contributed by atoms with Crippen LogP contribution in [-0.2, 0) is 11.8 Å². The van der Waals surface area contributed by atoms with Crippen molar-refractivity contribution in [2.75, 3.05) is 34.4 Å². The van der Waals surface area contributed by atoms with E-state index in [1.54, 1.807) is 11.8 Å². The molecule has 0 fully saturated rings. The number of carbonyl (C=O) groups excluding carboxylic acids is 1. The lowest BCUT2D eigenvalue weighted by atomic mass is 10.1. The van der Waals surface area contributed by atoms with E-state index in [1.807, 2.05) is 40.5 Å². The van der Waals surface area contributed by atoms with Crippen LogP contribution in [0.2, 0.25) is 0 Å². The fraction of sp³-hybridized carbons (Fsp3) is 0.714. The summed E-state index contributed by atoms with van der Waals surface area (Å²) in [6.07, 6.45) is 4.58. The summed E-state index contributed by atoms with van der Waals surface area (Å²) in [7, 11) is 7.51. The molecule has 2 unspecified atom stereocenters. The zero-order valence-corrected chi connectivity index (χ0v) is 13.6. The zero-order chi connectivity index (χ0) is 15.8. The van der Waals surface area contributed by atoms with Crippen LogP contribution in [0.3, 0.4) is 0 Å². The predicted molar refractivity (Wildman–Crippen MR) is 82.1 cm³/mol. The molecule has 0 radical (unpaired) electrons. The van der Waals surface area contributed by atoms with Crippen molar-refractivity contribution < 1.29 is 9.53 Å². The van der Waals surface area contributed by atoms with Crippen LogP contribution in [0.4, 0.5) is 4.79 Å². The number of urea groups is 1. The molecule has 120 valence electrons. The van der Waals surface area contributed by atoms with E-state index in [4.69, 9.17) is 4.74 Å². The van der Waals surface area contributed by atoms with Crippen molar-refractivity contribution in [3.8, 4) is 0 Å². The van der Waals surface area contributed by atoms with E-state index in [0.29, 0.717) is 13.2 Å². The van der Waals surface area contributed by atoms with Gasteiger partial charge in [-0.05, 0) is 27.4 Å². The van der Waals surface area contributed by atoms with E-state index in [1.165, 1.54) is 0 Å². The summed E-state index contributed by atoms with van der Waals surface area (Å²) >= 11 is 0. The first-order chi connectivity index (χ1) is 9.93. The maximum Gasteiger partial charge on any atom is 0.315 e. The molecule has 1 rings (SSSR count). The number of carbonyl (C=O) groups is 1. The first kappa shape index (κ1) is 17.5. The molecule has 21 heavy (non-hydrogen) atoms. The second kappa shape index (κ2) is 8.63. The number of rotatable bonds is 8. The van der Waals surface area contributed by atoms with Crippen molar-refractivity contribution in [3.05, 3.63) is 18.0 Å². The van der Waals surface area contributed by atoms with Gasteiger partial charge in [0.15, 0.2) is 0 Å². The Hall–Kier alpha value is -1.60. The second-order valence-electron chi connectivity index (χ2n) is 5.46. The van der Waals surface area contributed by atoms with Gasteiger partial charge >= 0.3 is 6.03 Å². The third-order valence-corrected chi connectivity index (χ3v) is 3.32. The average Bonchev–Trinajstić information content (AvgIpc) is 2.82. The highest BCUT2D eigenvalue weighted by molar-refractivity contribution is 5.74. The maximum absolute atomic E-state index is 11.9. The van der Waals surface area contributed by atoms with Gasteiger partial charge in [0, 0.05) is 45.1 Å². The molecular formula is C14H27N5O2. The van der Waals surface area contributed by atoms with Gasteiger partial charge in [0.05, 0.1) is 12.2 Å². The third kappa shape index (κ3) is 6.14. The Morgan fingerprint density at radius 2 is 2.24 bits per heavy atom. The minimum absolute atomic E-state index is 0.0844. The van der Waals surface area contributed by atoms with Crippen molar-refractivity contribution in [2.24, 2.45) is 7.05 Å². The standard InChI is InChI=1S/C14H27N5O2/c1-11(6-7-21-5)17-14(20)15-9-13(18(2)3)12-8-16-19(4)10-12/h8,10-11,13H,6-7,9H2,1-5H3,(H2,15,17,20). The van der Waals surface area contributed by atoms with E-state index in [2.05, 4.69) is 20.6 Å². The van der Waals surface area contributed by atoms with Crippen molar-refractivity contribution >= 4 is 6.03 Å². The molecule has 1 aromatic rings. The molecule has 2 atom stereocenters. The van der Waals surface area contributed by atoms with Crippen LogP contribution in [0.1, 0.15) is 24.9 Å². The summed E-state index contributed by atoms with van der Waals surface area (Å²) < 4.78 is 6.76. The molecule has 7 nitrogen and oxygen atoms in total. The number of ether oxygens (including phenoxy) is 1. The smallest absolute Gasteiger partial charge is 0.315 e. The minimum Gasteiger partial charge on any atom is -0.385 e. The number of likely N-dealkylation sites (N-methyl/N-ethyl adjacent to an activating group) is 1. The normalized spacial score (nSPS) is 14.0. The Morgan fingerprint density at radius 1 is 1.52 bits per heavy atom. The molecule has 2 amide bonds. The molecule has 0 bridgehead atoms. The largest absolute Gasteiger partial charge is 0.385 e. The summed E-state index contributed by atoms with van der Waals surface area (Å²) in [6, 6.07) is 0.0224. The van der Waals surface area contributed by atoms with E-state index >= 15 is 0 Å². The Bertz CT molecular complexity index is 433. The first-order valence-corrected chi connectivity index (χ1v) is 7.12. The van der Waals surface area contributed by atoms with Gasteiger partial charge in [-0.1, -0.05) is 0 Å². The number of nitrogens with one attached hydrogen (secondary N) is 2. The lowest BCUT2D eigenvalue weighted by Crippen LogP contribution is -2.44. The predicted octanol–water partition coefficient (Wildman–Crippen LogP) is 0.747. The van der Waals surface area contributed by atoms with Crippen LogP contribution in [-0.4, -0.2) is 61.1 Å². The van der Waals surface area contributed by atoms with Gasteiger partial charge < -0.3 is 20.3 Å². The Labute approximate surface area is 126 Å². The van der Waals surface area contributed by atoms with E-state index < -0.39 is 0 Å². The van der Waals surface area contributed by atoms with Crippen LogP contribution in [0.25, 0.3) is 0 Å². The molecule has 0 saturated heterocycles. The lowest BCUT2D eigenvalue weighted by molar-refractivity contribution is 0.183. The number of hydrogen-bond donors (Lipinski definition) is 2. The van der Waals surface area contributed by atoms with Gasteiger partial charge in [-0.3, -0.25) is 4.68 Å². The Morgan fingerprint density at radius 3 is 2.76 bits per heavy atom. The highest BCUT2D eigenvalue weighted by Crippen LogP contribution is 2.15. The van der Waals surface area contributed by atoms with Crippen LogP contribution < -0.4 is 10.6 Å². The molecule has 0 saturated carbocycles. The summed E-state index contributed by atoms with van der Waals surface area (Å²) in [4.78, 5) is 13.9. The van der Waals surface area contributed by atoms with Gasteiger partial charge in [0.25, 0.3) is 0 Å². The van der Waals surface area contributed by atoms with E-state index in [-0.39, 0.29) is 18.1 Å². The summed E-state index contributed by atoms with van der Waals surface area (Å²) in [5.74, 6) is 0. The van der Waals surface area contributed by atoms with Gasteiger partial charge in [0.2, 0.25) is 0 Å². The molecular weight excluding hydrogens is 270 g/mol. The van der Waals surface area contributed by atoms with Crippen LogP contribution in [0.5, 0.6) is 0 Å². The summed E-state index contributed by atoms with van der Waals surface area (Å²) in [5.41, 5.74) is 1.08. The number of amides is 2. The van der Waals surface area contributed by atoms with Crippen LogP contribution in [0.15, 0.2) is 12.4 Å². The highest BCUT2D eigenvalue weighted by Gasteiger charge is 2.17. The number of aryl methyl sites for hydroxylation is 1. The molecule has 0 aliphatic rings. The van der Waals surface area contributed by atoms with Crippen molar-refractivity contribution in [1.29, 1.82) is 0 Å². The number of nitrogens with zero attached hydrogens (tertiary/aromatic N) is 3. The van der Waals surface area contributed by atoms with Crippen molar-refractivity contribution in [2.45, 2.75) is 25.4 Å². The molecule has 0 aliphatic heterocycles.